The standard InChI is InChI=1S/C32H29F2N7O3S/c1-32(2,3)31(42)37-21-13-19(14-35-15-21)27-26(34)25-24(16-36-27)40-41-29(25)30-38-23-7-5-6-22(28(23)39-30)18-10-17(11-20(33)12-18)8-9-45(4,43)44/h5-7,10-16H,8-9H2,1-4H3,(H,37,42)(H,38,39)(H,40,41). The summed E-state index contributed by atoms with van der Waals surface area (Å²) in [6.07, 6.45) is 5.71. The average molecular weight is 630 g/mol. The number of hydrogen-bond donors (Lipinski definition) is 3. The van der Waals surface area contributed by atoms with Crippen LogP contribution in [0.2, 0.25) is 0 Å². The van der Waals surface area contributed by atoms with Crippen molar-refractivity contribution < 1.29 is 22.0 Å². The minimum atomic E-state index is -3.23. The molecule has 1 amide bonds. The molecule has 45 heavy (non-hydrogen) atoms. The number of carbonyl (C=O) groups is 1. The maximum Gasteiger partial charge on any atom is 0.229 e. The van der Waals surface area contributed by atoms with Crippen LogP contribution in [0.1, 0.15) is 26.3 Å². The largest absolute Gasteiger partial charge is 0.337 e. The number of anilines is 1. The van der Waals surface area contributed by atoms with E-state index < -0.39 is 26.9 Å². The summed E-state index contributed by atoms with van der Waals surface area (Å²) in [5.74, 6) is -1.19. The van der Waals surface area contributed by atoms with Gasteiger partial charge in [0.25, 0.3) is 0 Å². The number of amides is 1. The molecule has 6 rings (SSSR count). The molecule has 0 radical (unpaired) electrons. The van der Waals surface area contributed by atoms with Crippen LogP contribution in [-0.4, -0.2) is 56.5 Å². The van der Waals surface area contributed by atoms with E-state index in [4.69, 9.17) is 4.98 Å². The number of H-pyrrole nitrogens is 2. The first-order valence-corrected chi connectivity index (χ1v) is 16.1. The zero-order valence-electron chi connectivity index (χ0n) is 24.9. The highest BCUT2D eigenvalue weighted by Crippen LogP contribution is 2.35. The van der Waals surface area contributed by atoms with E-state index in [2.05, 4.69) is 30.5 Å². The highest BCUT2D eigenvalue weighted by Gasteiger charge is 2.23. The molecular weight excluding hydrogens is 600 g/mol. The first-order chi connectivity index (χ1) is 21.3. The predicted molar refractivity (Wildman–Crippen MR) is 169 cm³/mol. The molecule has 0 bridgehead atoms. The van der Waals surface area contributed by atoms with Gasteiger partial charge in [-0.05, 0) is 41.8 Å². The quantitative estimate of drug-likeness (QED) is 0.194. The summed E-state index contributed by atoms with van der Waals surface area (Å²) in [4.78, 5) is 28.9. The van der Waals surface area contributed by atoms with Crippen molar-refractivity contribution in [2.75, 3.05) is 17.3 Å². The number of rotatable bonds is 7. The Kier molecular flexibility index (Phi) is 7.43. The van der Waals surface area contributed by atoms with Gasteiger partial charge in [0.05, 0.1) is 45.8 Å². The van der Waals surface area contributed by atoms with Gasteiger partial charge in [-0.3, -0.25) is 19.9 Å². The third-order valence-electron chi connectivity index (χ3n) is 7.26. The number of fused-ring (bicyclic) bond motifs is 2. The number of aromatic amines is 2. The molecule has 0 saturated carbocycles. The van der Waals surface area contributed by atoms with Gasteiger partial charge < -0.3 is 10.3 Å². The van der Waals surface area contributed by atoms with Crippen LogP contribution >= 0.6 is 0 Å². The molecule has 0 aliphatic carbocycles. The maximum atomic E-state index is 16.2. The van der Waals surface area contributed by atoms with Gasteiger partial charge in [-0.25, -0.2) is 22.2 Å². The van der Waals surface area contributed by atoms with Crippen molar-refractivity contribution in [2.45, 2.75) is 27.2 Å². The maximum absolute atomic E-state index is 16.2. The second kappa shape index (κ2) is 11.1. The molecule has 3 N–H and O–H groups in total. The van der Waals surface area contributed by atoms with Gasteiger partial charge in [-0.15, -0.1) is 0 Å². The van der Waals surface area contributed by atoms with Crippen LogP contribution < -0.4 is 5.32 Å². The van der Waals surface area contributed by atoms with Gasteiger partial charge in [-0.1, -0.05) is 39.0 Å². The molecule has 13 heteroatoms. The molecule has 6 aromatic rings. The number of imidazole rings is 1. The number of aryl methyl sites for hydroxylation is 1. The monoisotopic (exact) mass is 629 g/mol. The van der Waals surface area contributed by atoms with Crippen LogP contribution in [0.5, 0.6) is 0 Å². The normalized spacial score (nSPS) is 12.2. The number of pyridine rings is 2. The number of hydrogen-bond acceptors (Lipinski definition) is 7. The predicted octanol–water partition coefficient (Wildman–Crippen LogP) is 6.08. The van der Waals surface area contributed by atoms with Crippen LogP contribution in [0.15, 0.2) is 61.1 Å². The molecule has 0 fully saturated rings. The molecule has 2 aromatic carbocycles. The highest BCUT2D eigenvalue weighted by molar-refractivity contribution is 7.90. The number of benzene rings is 2. The van der Waals surface area contributed by atoms with Crippen molar-refractivity contribution in [2.24, 2.45) is 5.41 Å². The Morgan fingerprint density at radius 1 is 0.978 bits per heavy atom. The van der Waals surface area contributed by atoms with E-state index in [9.17, 15) is 17.6 Å². The van der Waals surface area contributed by atoms with Crippen molar-refractivity contribution >= 4 is 43.4 Å². The Morgan fingerprint density at radius 3 is 2.53 bits per heavy atom. The number of carbonyl (C=O) groups excluding carboxylic acids is 1. The van der Waals surface area contributed by atoms with Gasteiger partial charge in [-0.2, -0.15) is 5.10 Å². The SMILES string of the molecule is CC(C)(C)C(=O)Nc1cncc(-c2ncc3[nH]nc(-c4nc5c(-c6cc(F)cc(CCS(C)(=O)=O)c6)cccc5[nH]4)c3c2F)c1. The number of halogens is 2. The molecular formula is C32H29F2N7O3S. The average Bonchev–Trinajstić information content (AvgIpc) is 3.60. The van der Waals surface area contributed by atoms with Gasteiger partial charge in [0.2, 0.25) is 5.91 Å². The number of sulfone groups is 1. The van der Waals surface area contributed by atoms with Crippen LogP contribution in [0.3, 0.4) is 0 Å². The van der Waals surface area contributed by atoms with E-state index in [-0.39, 0.29) is 40.7 Å². The fourth-order valence-electron chi connectivity index (χ4n) is 4.94. The molecule has 0 saturated heterocycles. The zero-order valence-corrected chi connectivity index (χ0v) is 25.7. The van der Waals surface area contributed by atoms with Crippen molar-refractivity contribution in [3.05, 3.63) is 78.3 Å². The van der Waals surface area contributed by atoms with Crippen molar-refractivity contribution in [1.29, 1.82) is 0 Å². The molecule has 230 valence electrons. The van der Waals surface area contributed by atoms with E-state index >= 15 is 4.39 Å². The van der Waals surface area contributed by atoms with Crippen molar-refractivity contribution in [3.63, 3.8) is 0 Å². The number of aromatic nitrogens is 6. The highest BCUT2D eigenvalue weighted by atomic mass is 32.2. The number of nitrogens with zero attached hydrogens (tertiary/aromatic N) is 4. The summed E-state index contributed by atoms with van der Waals surface area (Å²) in [7, 11) is -3.23. The summed E-state index contributed by atoms with van der Waals surface area (Å²) in [5, 5.41) is 10.1. The molecule has 0 spiro atoms. The van der Waals surface area contributed by atoms with Gasteiger partial charge >= 0.3 is 0 Å². The summed E-state index contributed by atoms with van der Waals surface area (Å²) < 4.78 is 54.2. The van der Waals surface area contributed by atoms with Crippen molar-refractivity contribution in [1.82, 2.24) is 30.1 Å². The first kappa shape index (κ1) is 30.0. The molecule has 0 atom stereocenters. The lowest BCUT2D eigenvalue weighted by Gasteiger charge is -2.17. The fourth-order valence-corrected chi connectivity index (χ4v) is 5.54. The lowest BCUT2D eigenvalue weighted by atomic mass is 9.95. The van der Waals surface area contributed by atoms with Gasteiger partial charge in [0.15, 0.2) is 11.6 Å². The Balaban J connectivity index is 1.40. The fraction of sp³-hybridized carbons (Fsp3) is 0.219. The third kappa shape index (κ3) is 6.16. The number of nitrogens with one attached hydrogen (secondary N) is 3. The molecule has 4 heterocycles. The van der Waals surface area contributed by atoms with E-state index in [1.54, 1.807) is 51.1 Å². The Hall–Kier alpha value is -5.04. The third-order valence-corrected chi connectivity index (χ3v) is 8.21. The number of para-hydroxylation sites is 1. The van der Waals surface area contributed by atoms with Gasteiger partial charge in [0.1, 0.15) is 27.0 Å². The van der Waals surface area contributed by atoms with Crippen molar-refractivity contribution in [3.8, 4) is 33.9 Å². The molecule has 10 nitrogen and oxygen atoms in total. The van der Waals surface area contributed by atoms with E-state index in [0.29, 0.717) is 44.5 Å². The smallest absolute Gasteiger partial charge is 0.229 e. The molecule has 0 unspecified atom stereocenters. The summed E-state index contributed by atoms with van der Waals surface area (Å²) >= 11 is 0. The van der Waals surface area contributed by atoms with Gasteiger partial charge in [0, 0.05) is 29.0 Å². The minimum Gasteiger partial charge on any atom is -0.337 e. The van der Waals surface area contributed by atoms with Crippen LogP contribution in [-0.2, 0) is 21.1 Å². The second-order valence-electron chi connectivity index (χ2n) is 12.0. The molecule has 0 aliphatic heterocycles. The zero-order chi connectivity index (χ0) is 32.1. The Morgan fingerprint density at radius 2 is 1.78 bits per heavy atom. The summed E-state index contributed by atoms with van der Waals surface area (Å²) in [6, 6.07) is 11.4. The summed E-state index contributed by atoms with van der Waals surface area (Å²) in [6.45, 7) is 5.36. The minimum absolute atomic E-state index is 0.0164. The first-order valence-electron chi connectivity index (χ1n) is 14.0. The van der Waals surface area contributed by atoms with Crippen LogP contribution in [0.25, 0.3) is 55.8 Å². The van der Waals surface area contributed by atoms with Crippen LogP contribution in [0, 0.1) is 17.0 Å². The molecule has 0 aliphatic rings. The topological polar surface area (TPSA) is 146 Å². The van der Waals surface area contributed by atoms with E-state index in [1.807, 2.05) is 0 Å². The van der Waals surface area contributed by atoms with Crippen LogP contribution in [0.4, 0.5) is 14.5 Å². The second-order valence-corrected chi connectivity index (χ2v) is 14.2. The Labute approximate surface area is 257 Å². The lowest BCUT2D eigenvalue weighted by molar-refractivity contribution is -0.123. The lowest BCUT2D eigenvalue weighted by Crippen LogP contribution is -2.27. The van der Waals surface area contributed by atoms with E-state index in [1.165, 1.54) is 30.7 Å². The Bertz CT molecular complexity index is 2220. The summed E-state index contributed by atoms with van der Waals surface area (Å²) in [5.41, 5.74) is 3.50. The van der Waals surface area contributed by atoms with E-state index in [0.717, 1.165) is 6.26 Å². The molecule has 4 aromatic heterocycles.